The van der Waals surface area contributed by atoms with Gasteiger partial charge < -0.3 is 9.47 Å². The molecule has 4 rings (SSSR count). The normalized spacial score (nSPS) is 14.0. The Morgan fingerprint density at radius 3 is 2.85 bits per heavy atom. The Balaban J connectivity index is 1.52. The standard InChI is InChI=1S/C19H22N6O2/c1-24(12-17-22-21-16-9-3-2-6-10-25(16)17)18(26)11-15-13-7-4-5-8-14(13)19(27)23-20-15/h4-5,7-8H,2-3,6,9-12H2,1H3,(H,23,27). The summed E-state index contributed by atoms with van der Waals surface area (Å²) in [5, 5.41) is 16.4. The Bertz CT molecular complexity index is 1040. The molecule has 1 aromatic carbocycles. The highest BCUT2D eigenvalue weighted by Crippen LogP contribution is 2.17. The number of aryl methyl sites for hydroxylation is 1. The fourth-order valence-electron chi connectivity index (χ4n) is 3.55. The number of benzene rings is 1. The lowest BCUT2D eigenvalue weighted by molar-refractivity contribution is -0.129. The zero-order valence-electron chi connectivity index (χ0n) is 15.3. The minimum Gasteiger partial charge on any atom is -0.338 e. The van der Waals surface area contributed by atoms with Gasteiger partial charge in [0, 0.05) is 25.4 Å². The maximum atomic E-state index is 12.7. The van der Waals surface area contributed by atoms with Crippen molar-refractivity contribution < 1.29 is 4.79 Å². The van der Waals surface area contributed by atoms with Crippen molar-refractivity contribution in [3.63, 3.8) is 0 Å². The van der Waals surface area contributed by atoms with Gasteiger partial charge in [-0.15, -0.1) is 10.2 Å². The highest BCUT2D eigenvalue weighted by Gasteiger charge is 2.19. The molecule has 0 unspecified atom stereocenters. The van der Waals surface area contributed by atoms with Crippen LogP contribution in [0.2, 0.25) is 0 Å². The van der Waals surface area contributed by atoms with E-state index in [0.29, 0.717) is 23.0 Å². The Hall–Kier alpha value is -3.03. The first-order valence-corrected chi connectivity index (χ1v) is 9.24. The van der Waals surface area contributed by atoms with Crippen molar-refractivity contribution in [1.82, 2.24) is 29.9 Å². The maximum Gasteiger partial charge on any atom is 0.272 e. The maximum absolute atomic E-state index is 12.7. The second-order valence-electron chi connectivity index (χ2n) is 6.97. The van der Waals surface area contributed by atoms with Gasteiger partial charge in [-0.1, -0.05) is 24.6 Å². The molecule has 140 valence electrons. The van der Waals surface area contributed by atoms with Gasteiger partial charge >= 0.3 is 0 Å². The number of aromatic nitrogens is 5. The van der Waals surface area contributed by atoms with E-state index in [1.807, 2.05) is 12.1 Å². The predicted octanol–water partition coefficient (Wildman–Crippen LogP) is 1.44. The molecule has 0 aliphatic carbocycles. The van der Waals surface area contributed by atoms with E-state index in [1.54, 1.807) is 24.1 Å². The Morgan fingerprint density at radius 2 is 2.00 bits per heavy atom. The molecular formula is C19H22N6O2. The predicted molar refractivity (Wildman–Crippen MR) is 100 cm³/mol. The summed E-state index contributed by atoms with van der Waals surface area (Å²) in [6.07, 6.45) is 4.51. The van der Waals surface area contributed by atoms with Gasteiger partial charge in [0.25, 0.3) is 5.56 Å². The van der Waals surface area contributed by atoms with E-state index < -0.39 is 0 Å². The molecule has 1 aliphatic rings. The number of nitrogens with zero attached hydrogens (tertiary/aromatic N) is 5. The quantitative estimate of drug-likeness (QED) is 0.754. The molecule has 8 heteroatoms. The third kappa shape index (κ3) is 3.47. The van der Waals surface area contributed by atoms with Crippen LogP contribution < -0.4 is 5.56 Å². The number of aromatic amines is 1. The van der Waals surface area contributed by atoms with Crippen molar-refractivity contribution in [3.8, 4) is 0 Å². The lowest BCUT2D eigenvalue weighted by atomic mass is 10.1. The fraction of sp³-hybridized carbons (Fsp3) is 0.421. The first-order chi connectivity index (χ1) is 13.1. The highest BCUT2D eigenvalue weighted by atomic mass is 16.2. The van der Waals surface area contributed by atoms with Crippen molar-refractivity contribution in [2.45, 2.75) is 45.2 Å². The van der Waals surface area contributed by atoms with Gasteiger partial charge in [-0.05, 0) is 18.9 Å². The summed E-state index contributed by atoms with van der Waals surface area (Å²) in [7, 11) is 1.76. The largest absolute Gasteiger partial charge is 0.338 e. The minimum absolute atomic E-state index is 0.0781. The molecule has 3 heterocycles. The number of H-pyrrole nitrogens is 1. The second-order valence-corrected chi connectivity index (χ2v) is 6.97. The number of fused-ring (bicyclic) bond motifs is 2. The van der Waals surface area contributed by atoms with Crippen molar-refractivity contribution in [2.75, 3.05) is 7.05 Å². The third-order valence-electron chi connectivity index (χ3n) is 5.08. The molecule has 27 heavy (non-hydrogen) atoms. The van der Waals surface area contributed by atoms with Crippen LogP contribution in [0, 0.1) is 0 Å². The van der Waals surface area contributed by atoms with Gasteiger partial charge in [-0.25, -0.2) is 5.10 Å². The molecule has 0 bridgehead atoms. The minimum atomic E-state index is -0.249. The number of hydrogen-bond acceptors (Lipinski definition) is 5. The molecule has 1 amide bonds. The number of carbonyl (C=O) groups excluding carboxylic acids is 1. The molecular weight excluding hydrogens is 344 g/mol. The van der Waals surface area contributed by atoms with E-state index in [4.69, 9.17) is 0 Å². The summed E-state index contributed by atoms with van der Waals surface area (Å²) in [5.41, 5.74) is 0.323. The van der Waals surface area contributed by atoms with Crippen molar-refractivity contribution >= 4 is 16.7 Å². The fourth-order valence-corrected chi connectivity index (χ4v) is 3.55. The van der Waals surface area contributed by atoms with Gasteiger partial charge in [-0.2, -0.15) is 5.10 Å². The molecule has 0 radical (unpaired) electrons. The van der Waals surface area contributed by atoms with Crippen LogP contribution in [0.3, 0.4) is 0 Å². The monoisotopic (exact) mass is 366 g/mol. The summed E-state index contributed by atoms with van der Waals surface area (Å²) in [6, 6.07) is 7.19. The van der Waals surface area contributed by atoms with E-state index >= 15 is 0 Å². The van der Waals surface area contributed by atoms with Crippen LogP contribution >= 0.6 is 0 Å². The summed E-state index contributed by atoms with van der Waals surface area (Å²) >= 11 is 0. The molecule has 3 aromatic rings. The average Bonchev–Trinajstić information content (AvgIpc) is 2.90. The van der Waals surface area contributed by atoms with Gasteiger partial charge in [0.15, 0.2) is 5.82 Å². The Morgan fingerprint density at radius 1 is 1.19 bits per heavy atom. The highest BCUT2D eigenvalue weighted by molar-refractivity contribution is 5.88. The lowest BCUT2D eigenvalue weighted by Crippen LogP contribution is -2.30. The van der Waals surface area contributed by atoms with Crippen molar-refractivity contribution in [2.24, 2.45) is 0 Å². The number of rotatable bonds is 4. The molecule has 0 saturated heterocycles. The van der Waals surface area contributed by atoms with E-state index in [9.17, 15) is 9.59 Å². The zero-order chi connectivity index (χ0) is 18.8. The SMILES string of the molecule is CN(Cc1nnc2n1CCCCC2)C(=O)Cc1n[nH]c(=O)c2ccccc12. The van der Waals surface area contributed by atoms with Crippen LogP contribution in [0.1, 0.15) is 36.6 Å². The van der Waals surface area contributed by atoms with Crippen LogP contribution in [0.15, 0.2) is 29.1 Å². The van der Waals surface area contributed by atoms with Crippen molar-refractivity contribution in [3.05, 3.63) is 52.0 Å². The Labute approximate surface area is 156 Å². The van der Waals surface area contributed by atoms with Crippen LogP contribution in [0.4, 0.5) is 0 Å². The molecule has 0 saturated carbocycles. The van der Waals surface area contributed by atoms with Gasteiger partial charge in [0.2, 0.25) is 5.91 Å². The van der Waals surface area contributed by atoms with Gasteiger partial charge in [-0.3, -0.25) is 9.59 Å². The summed E-state index contributed by atoms with van der Waals surface area (Å²) in [6.45, 7) is 1.32. The molecule has 1 aliphatic heterocycles. The molecule has 0 atom stereocenters. The Kier molecular flexibility index (Phi) is 4.70. The topological polar surface area (TPSA) is 96.8 Å². The molecule has 8 nitrogen and oxygen atoms in total. The lowest BCUT2D eigenvalue weighted by Gasteiger charge is -2.17. The molecule has 0 spiro atoms. The second kappa shape index (κ2) is 7.30. The third-order valence-corrected chi connectivity index (χ3v) is 5.08. The summed E-state index contributed by atoms with van der Waals surface area (Å²) in [5.74, 6) is 1.75. The van der Waals surface area contributed by atoms with Crippen LogP contribution in [-0.4, -0.2) is 42.8 Å². The molecule has 0 fully saturated rings. The van der Waals surface area contributed by atoms with Gasteiger partial charge in [0.1, 0.15) is 5.82 Å². The summed E-state index contributed by atoms with van der Waals surface area (Å²) < 4.78 is 2.14. The van der Waals surface area contributed by atoms with Crippen LogP contribution in [0.5, 0.6) is 0 Å². The van der Waals surface area contributed by atoms with E-state index in [2.05, 4.69) is 25.0 Å². The summed E-state index contributed by atoms with van der Waals surface area (Å²) in [4.78, 5) is 26.3. The number of nitrogens with one attached hydrogen (secondary N) is 1. The number of likely N-dealkylation sites (N-methyl/N-ethyl adjacent to an activating group) is 1. The molecule has 1 N–H and O–H groups in total. The van der Waals surface area contributed by atoms with E-state index in [0.717, 1.165) is 37.5 Å². The van der Waals surface area contributed by atoms with Crippen molar-refractivity contribution in [1.29, 1.82) is 0 Å². The van der Waals surface area contributed by atoms with E-state index in [1.165, 1.54) is 6.42 Å². The number of amides is 1. The zero-order valence-corrected chi connectivity index (χ0v) is 15.3. The van der Waals surface area contributed by atoms with E-state index in [-0.39, 0.29) is 17.9 Å². The first-order valence-electron chi connectivity index (χ1n) is 9.24. The van der Waals surface area contributed by atoms with Crippen LogP contribution in [0.25, 0.3) is 10.8 Å². The number of hydrogen-bond donors (Lipinski definition) is 1. The number of carbonyl (C=O) groups is 1. The smallest absolute Gasteiger partial charge is 0.272 e. The first kappa shape index (κ1) is 17.4. The van der Waals surface area contributed by atoms with Crippen LogP contribution in [-0.2, 0) is 30.7 Å². The average molecular weight is 366 g/mol. The van der Waals surface area contributed by atoms with Gasteiger partial charge in [0.05, 0.1) is 24.0 Å². The molecule has 2 aromatic heterocycles.